The molecule has 0 radical (unpaired) electrons. The first-order chi connectivity index (χ1) is 15.6. The molecule has 0 spiro atoms. The minimum atomic E-state index is -0.0882. The molecule has 4 aromatic heterocycles. The number of aryl methyl sites for hydroxylation is 2. The maximum absolute atomic E-state index is 12.5. The molecule has 0 saturated carbocycles. The van der Waals surface area contributed by atoms with Gasteiger partial charge in [0, 0.05) is 18.0 Å². The molecule has 160 valence electrons. The van der Waals surface area contributed by atoms with Gasteiger partial charge >= 0.3 is 0 Å². The van der Waals surface area contributed by atoms with E-state index < -0.39 is 0 Å². The number of hydrogen-bond donors (Lipinski definition) is 0. The first-order valence-electron chi connectivity index (χ1n) is 10.2. The average molecular weight is 444 g/mol. The molecule has 0 unspecified atom stereocenters. The highest BCUT2D eigenvalue weighted by Crippen LogP contribution is 2.29. The van der Waals surface area contributed by atoms with E-state index in [9.17, 15) is 4.79 Å². The number of hydrogen-bond acceptors (Lipinski definition) is 6. The molecule has 0 atom stereocenters. The van der Waals surface area contributed by atoms with Crippen LogP contribution in [0.15, 0.2) is 81.4 Å². The van der Waals surface area contributed by atoms with Gasteiger partial charge in [0.05, 0.1) is 24.1 Å². The van der Waals surface area contributed by atoms with Gasteiger partial charge in [-0.1, -0.05) is 48.2 Å². The van der Waals surface area contributed by atoms with E-state index in [2.05, 4.69) is 26.9 Å². The Bertz CT molecular complexity index is 1450. The molecular formula is C24H21N5O2S. The monoisotopic (exact) mass is 443 g/mol. The van der Waals surface area contributed by atoms with Gasteiger partial charge in [0.15, 0.2) is 11.0 Å². The van der Waals surface area contributed by atoms with E-state index in [4.69, 9.17) is 9.40 Å². The highest BCUT2D eigenvalue weighted by Gasteiger charge is 2.18. The summed E-state index contributed by atoms with van der Waals surface area (Å²) in [6.45, 7) is 4.50. The number of thioether (sulfide) groups is 1. The second-order valence-corrected chi connectivity index (χ2v) is 8.47. The zero-order valence-corrected chi connectivity index (χ0v) is 18.5. The van der Waals surface area contributed by atoms with Crippen LogP contribution in [-0.4, -0.2) is 24.1 Å². The maximum atomic E-state index is 12.5. The molecule has 0 aliphatic carbocycles. The number of rotatable bonds is 6. The quantitative estimate of drug-likeness (QED) is 0.360. The summed E-state index contributed by atoms with van der Waals surface area (Å²) in [6, 6.07) is 17.5. The number of nitrogens with zero attached hydrogens (tertiary/aromatic N) is 5. The van der Waals surface area contributed by atoms with E-state index in [-0.39, 0.29) is 5.56 Å². The lowest BCUT2D eigenvalue weighted by molar-refractivity contribution is 0.534. The van der Waals surface area contributed by atoms with Gasteiger partial charge in [-0.25, -0.2) is 4.98 Å². The number of aromatic nitrogens is 5. The van der Waals surface area contributed by atoms with Crippen LogP contribution in [0, 0.1) is 13.8 Å². The van der Waals surface area contributed by atoms with Gasteiger partial charge in [0.1, 0.15) is 11.4 Å². The van der Waals surface area contributed by atoms with E-state index in [1.807, 2.05) is 50.2 Å². The summed E-state index contributed by atoms with van der Waals surface area (Å²) < 4.78 is 9.14. The van der Waals surface area contributed by atoms with E-state index in [0.29, 0.717) is 23.6 Å². The van der Waals surface area contributed by atoms with Crippen molar-refractivity contribution >= 4 is 17.4 Å². The minimum absolute atomic E-state index is 0.0882. The van der Waals surface area contributed by atoms with Crippen molar-refractivity contribution in [3.8, 4) is 11.4 Å². The summed E-state index contributed by atoms with van der Waals surface area (Å²) in [5, 5.41) is 9.67. The molecule has 7 nitrogen and oxygen atoms in total. The van der Waals surface area contributed by atoms with Gasteiger partial charge in [-0.05, 0) is 37.1 Å². The van der Waals surface area contributed by atoms with Gasteiger partial charge in [-0.15, -0.1) is 10.2 Å². The predicted octanol–water partition coefficient (Wildman–Crippen LogP) is 4.50. The topological polar surface area (TPSA) is 78.2 Å². The van der Waals surface area contributed by atoms with Crippen LogP contribution < -0.4 is 5.56 Å². The molecule has 0 fully saturated rings. The zero-order chi connectivity index (χ0) is 22.1. The third kappa shape index (κ3) is 3.85. The summed E-state index contributed by atoms with van der Waals surface area (Å²) >= 11 is 1.51. The van der Waals surface area contributed by atoms with Gasteiger partial charge in [-0.2, -0.15) is 0 Å². The first kappa shape index (κ1) is 20.3. The van der Waals surface area contributed by atoms with Crippen molar-refractivity contribution in [2.24, 2.45) is 0 Å². The lowest BCUT2D eigenvalue weighted by Crippen LogP contribution is -2.15. The average Bonchev–Trinajstić information content (AvgIpc) is 3.39. The van der Waals surface area contributed by atoms with Crippen LogP contribution in [0.5, 0.6) is 0 Å². The Morgan fingerprint density at radius 1 is 1.03 bits per heavy atom. The van der Waals surface area contributed by atoms with Gasteiger partial charge in [0.2, 0.25) is 0 Å². The molecule has 1 aromatic carbocycles. The molecule has 0 aliphatic rings. The fourth-order valence-corrected chi connectivity index (χ4v) is 4.47. The lowest BCUT2D eigenvalue weighted by Gasteiger charge is -2.10. The Morgan fingerprint density at radius 3 is 2.66 bits per heavy atom. The molecule has 0 N–H and O–H groups in total. The minimum Gasteiger partial charge on any atom is -0.469 e. The Balaban J connectivity index is 1.49. The number of pyridine rings is 1. The molecule has 4 heterocycles. The molecule has 8 heteroatoms. The third-order valence-corrected chi connectivity index (χ3v) is 6.29. The fourth-order valence-electron chi connectivity index (χ4n) is 3.64. The Labute approximate surface area is 188 Å². The summed E-state index contributed by atoms with van der Waals surface area (Å²) in [6.07, 6.45) is 3.40. The predicted molar refractivity (Wildman–Crippen MR) is 124 cm³/mol. The van der Waals surface area contributed by atoms with Crippen molar-refractivity contribution in [1.29, 1.82) is 0 Å². The van der Waals surface area contributed by atoms with Gasteiger partial charge < -0.3 is 4.42 Å². The highest BCUT2D eigenvalue weighted by atomic mass is 32.2. The van der Waals surface area contributed by atoms with E-state index in [1.165, 1.54) is 11.8 Å². The van der Waals surface area contributed by atoms with Crippen molar-refractivity contribution in [3.63, 3.8) is 0 Å². The largest absolute Gasteiger partial charge is 0.469 e. The summed E-state index contributed by atoms with van der Waals surface area (Å²) in [5.41, 5.74) is 4.32. The van der Waals surface area contributed by atoms with Crippen molar-refractivity contribution in [2.45, 2.75) is 31.3 Å². The van der Waals surface area contributed by atoms with Crippen LogP contribution >= 0.6 is 11.8 Å². The van der Waals surface area contributed by atoms with Gasteiger partial charge in [-0.3, -0.25) is 13.8 Å². The van der Waals surface area contributed by atoms with Crippen LogP contribution in [0.1, 0.15) is 22.6 Å². The molecule has 0 aliphatic heterocycles. The Morgan fingerprint density at radius 2 is 1.88 bits per heavy atom. The smallest absolute Gasteiger partial charge is 0.258 e. The fraction of sp³-hybridized carbons (Fsp3) is 0.167. The number of furan rings is 1. The lowest BCUT2D eigenvalue weighted by atomic mass is 10.2. The standard InChI is InChI=1S/C24H21N5O2S/c1-16-7-6-11-28-21(30)13-19(25-22(16)28)15-32-24-27-26-23(20-10-12-31-17(20)2)29(24)14-18-8-4-3-5-9-18/h3-13H,14-15H2,1-2H3. The van der Waals surface area contributed by atoms with Crippen molar-refractivity contribution in [3.05, 3.63) is 100.0 Å². The van der Waals surface area contributed by atoms with Gasteiger partial charge in [0.25, 0.3) is 5.56 Å². The van der Waals surface area contributed by atoms with E-state index in [1.54, 1.807) is 22.9 Å². The third-order valence-electron chi connectivity index (χ3n) is 5.29. The molecule has 0 bridgehead atoms. The number of fused-ring (bicyclic) bond motifs is 1. The highest BCUT2D eigenvalue weighted by molar-refractivity contribution is 7.98. The summed E-state index contributed by atoms with van der Waals surface area (Å²) in [7, 11) is 0. The van der Waals surface area contributed by atoms with Crippen molar-refractivity contribution in [2.75, 3.05) is 0 Å². The molecule has 0 amide bonds. The normalized spacial score (nSPS) is 11.3. The molecular weight excluding hydrogens is 422 g/mol. The first-order valence-corrected chi connectivity index (χ1v) is 11.2. The second-order valence-electron chi connectivity index (χ2n) is 7.53. The van der Waals surface area contributed by atoms with Crippen molar-refractivity contribution < 1.29 is 4.42 Å². The second kappa shape index (κ2) is 8.47. The van der Waals surface area contributed by atoms with E-state index >= 15 is 0 Å². The Kier molecular flexibility index (Phi) is 5.36. The van der Waals surface area contributed by atoms with Crippen LogP contribution in [0.4, 0.5) is 0 Å². The maximum Gasteiger partial charge on any atom is 0.258 e. The van der Waals surface area contributed by atoms with Crippen LogP contribution in [0.25, 0.3) is 17.0 Å². The molecule has 5 rings (SSSR count). The van der Waals surface area contributed by atoms with Crippen LogP contribution in [0.2, 0.25) is 0 Å². The SMILES string of the molecule is Cc1occc1-c1nnc(SCc2cc(=O)n3cccc(C)c3n2)n1Cc1ccccc1. The zero-order valence-electron chi connectivity index (χ0n) is 17.7. The Hall–Kier alpha value is -3.65. The van der Waals surface area contributed by atoms with Crippen LogP contribution in [-0.2, 0) is 12.3 Å². The molecule has 5 aromatic rings. The molecule has 0 saturated heterocycles. The summed E-state index contributed by atoms with van der Waals surface area (Å²) in [5.74, 6) is 2.06. The number of benzene rings is 1. The molecule has 32 heavy (non-hydrogen) atoms. The van der Waals surface area contributed by atoms with Crippen molar-refractivity contribution in [1.82, 2.24) is 24.1 Å². The van der Waals surface area contributed by atoms with E-state index in [0.717, 1.165) is 33.4 Å². The summed E-state index contributed by atoms with van der Waals surface area (Å²) in [4.78, 5) is 17.2. The van der Waals surface area contributed by atoms with Crippen LogP contribution in [0.3, 0.4) is 0 Å².